The maximum absolute atomic E-state index is 11.8. The number of pyridine rings is 1. The topological polar surface area (TPSA) is 71.1 Å². The van der Waals surface area contributed by atoms with Crippen LogP contribution in [0.25, 0.3) is 0 Å². The number of benzene rings is 1. The molecule has 0 bridgehead atoms. The molecule has 5 nitrogen and oxygen atoms in total. The molecule has 0 spiro atoms. The van der Waals surface area contributed by atoms with Crippen LogP contribution in [0, 0.1) is 13.8 Å². The molecule has 2 aromatic rings. The fraction of sp³-hybridized carbons (Fsp3) is 0.188. The van der Waals surface area contributed by atoms with Crippen molar-refractivity contribution in [3.05, 3.63) is 59.4 Å². The van der Waals surface area contributed by atoms with Crippen molar-refractivity contribution in [1.82, 2.24) is 15.8 Å². The second-order valence-corrected chi connectivity index (χ2v) is 5.81. The number of amides is 2. The molecule has 0 radical (unpaired) electrons. The van der Waals surface area contributed by atoms with Gasteiger partial charge in [-0.05, 0) is 37.6 Å². The largest absolute Gasteiger partial charge is 0.272 e. The summed E-state index contributed by atoms with van der Waals surface area (Å²) < 4.78 is 0. The summed E-state index contributed by atoms with van der Waals surface area (Å²) in [6.45, 7) is 4.02. The maximum atomic E-state index is 11.8. The fourth-order valence-corrected chi connectivity index (χ4v) is 2.67. The molecule has 0 aliphatic rings. The van der Waals surface area contributed by atoms with Gasteiger partial charge in [0.1, 0.15) is 0 Å². The van der Waals surface area contributed by atoms with E-state index in [0.717, 1.165) is 16.0 Å². The van der Waals surface area contributed by atoms with Crippen LogP contribution in [0.15, 0.2) is 47.6 Å². The molecule has 22 heavy (non-hydrogen) atoms. The Kier molecular flexibility index (Phi) is 5.55. The minimum atomic E-state index is -0.368. The highest BCUT2D eigenvalue weighted by Gasteiger charge is 2.08. The molecule has 2 amide bonds. The van der Waals surface area contributed by atoms with Crippen LogP contribution in [0.5, 0.6) is 0 Å². The Labute approximate surface area is 133 Å². The molecule has 1 aromatic carbocycles. The van der Waals surface area contributed by atoms with Crippen LogP contribution < -0.4 is 10.9 Å². The molecule has 0 aliphatic carbocycles. The molecule has 114 valence electrons. The van der Waals surface area contributed by atoms with Crippen molar-refractivity contribution in [3.63, 3.8) is 0 Å². The van der Waals surface area contributed by atoms with E-state index in [-0.39, 0.29) is 17.6 Å². The number of thioether (sulfide) groups is 1. The van der Waals surface area contributed by atoms with Crippen LogP contribution >= 0.6 is 11.8 Å². The number of nitrogens with zero attached hydrogens (tertiary/aromatic N) is 1. The molecule has 0 saturated heterocycles. The summed E-state index contributed by atoms with van der Waals surface area (Å²) in [7, 11) is 0. The third kappa shape index (κ3) is 4.60. The molecule has 0 atom stereocenters. The summed E-state index contributed by atoms with van der Waals surface area (Å²) in [4.78, 5) is 28.4. The van der Waals surface area contributed by atoms with Gasteiger partial charge in [0, 0.05) is 22.9 Å². The van der Waals surface area contributed by atoms with Crippen molar-refractivity contribution in [2.75, 3.05) is 5.75 Å². The average molecular weight is 315 g/mol. The highest BCUT2D eigenvalue weighted by Crippen LogP contribution is 2.23. The monoisotopic (exact) mass is 315 g/mol. The Bertz CT molecular complexity index is 674. The minimum Gasteiger partial charge on any atom is -0.272 e. The fourth-order valence-electron chi connectivity index (χ4n) is 1.74. The van der Waals surface area contributed by atoms with Crippen LogP contribution in [0.2, 0.25) is 0 Å². The third-order valence-corrected chi connectivity index (χ3v) is 4.12. The van der Waals surface area contributed by atoms with Gasteiger partial charge in [-0.2, -0.15) is 0 Å². The van der Waals surface area contributed by atoms with E-state index in [9.17, 15) is 9.59 Å². The summed E-state index contributed by atoms with van der Waals surface area (Å²) in [5.41, 5.74) is 7.51. The number of aromatic nitrogens is 1. The van der Waals surface area contributed by atoms with Crippen LogP contribution in [0.1, 0.15) is 21.5 Å². The van der Waals surface area contributed by atoms with Gasteiger partial charge < -0.3 is 0 Å². The van der Waals surface area contributed by atoms with E-state index >= 15 is 0 Å². The zero-order chi connectivity index (χ0) is 15.9. The molecule has 2 rings (SSSR count). The lowest BCUT2D eigenvalue weighted by atomic mass is 10.2. The quantitative estimate of drug-likeness (QED) is 0.670. The number of aryl methyl sites for hydroxylation is 2. The molecule has 1 heterocycles. The molecular formula is C16H17N3O2S. The lowest BCUT2D eigenvalue weighted by molar-refractivity contribution is -0.119. The predicted molar refractivity (Wildman–Crippen MR) is 86.5 cm³/mol. The zero-order valence-corrected chi connectivity index (χ0v) is 13.2. The van der Waals surface area contributed by atoms with Gasteiger partial charge in [-0.3, -0.25) is 25.4 Å². The van der Waals surface area contributed by atoms with Crippen molar-refractivity contribution in [2.45, 2.75) is 18.7 Å². The molecular weight excluding hydrogens is 298 g/mol. The molecule has 0 saturated carbocycles. The summed E-state index contributed by atoms with van der Waals surface area (Å²) in [5, 5.41) is 0. The van der Waals surface area contributed by atoms with Gasteiger partial charge in [0.2, 0.25) is 5.91 Å². The number of nitrogens with one attached hydrogen (secondary N) is 2. The summed E-state index contributed by atoms with van der Waals surface area (Å²) >= 11 is 1.44. The van der Waals surface area contributed by atoms with E-state index in [1.165, 1.54) is 24.2 Å². The smallest absolute Gasteiger partial charge is 0.269 e. The first-order chi connectivity index (χ1) is 10.6. The highest BCUT2D eigenvalue weighted by atomic mass is 32.2. The standard InChI is InChI=1S/C16H17N3O2S/c1-11-3-4-12(2)14(9-11)22-10-15(20)18-19-16(21)13-5-7-17-8-6-13/h3-9H,10H2,1-2H3,(H,18,20)(H,19,21). The number of carbonyl (C=O) groups is 2. The first-order valence-electron chi connectivity index (χ1n) is 6.75. The minimum absolute atomic E-state index is 0.237. The van der Waals surface area contributed by atoms with Gasteiger partial charge in [-0.25, -0.2) is 0 Å². The summed E-state index contributed by atoms with van der Waals surface area (Å²) in [6, 6.07) is 9.26. The van der Waals surface area contributed by atoms with Crippen molar-refractivity contribution in [1.29, 1.82) is 0 Å². The predicted octanol–water partition coefficient (Wildman–Crippen LogP) is 2.25. The van der Waals surface area contributed by atoms with E-state index in [1.54, 1.807) is 12.1 Å². The number of hydrogen-bond acceptors (Lipinski definition) is 4. The van der Waals surface area contributed by atoms with E-state index in [2.05, 4.69) is 15.8 Å². The number of hydrazine groups is 1. The number of rotatable bonds is 4. The van der Waals surface area contributed by atoms with Gasteiger partial charge in [-0.15, -0.1) is 11.8 Å². The summed E-state index contributed by atoms with van der Waals surface area (Å²) in [6.07, 6.45) is 3.04. The van der Waals surface area contributed by atoms with Crippen molar-refractivity contribution < 1.29 is 9.59 Å². The zero-order valence-electron chi connectivity index (χ0n) is 12.4. The van der Waals surface area contributed by atoms with Crippen LogP contribution in [-0.2, 0) is 4.79 Å². The van der Waals surface area contributed by atoms with Crippen molar-refractivity contribution in [2.24, 2.45) is 0 Å². The van der Waals surface area contributed by atoms with E-state index in [0.29, 0.717) is 5.56 Å². The van der Waals surface area contributed by atoms with Crippen molar-refractivity contribution in [3.8, 4) is 0 Å². The Morgan fingerprint density at radius 2 is 1.82 bits per heavy atom. The van der Waals surface area contributed by atoms with Gasteiger partial charge in [0.25, 0.3) is 5.91 Å². The Balaban J connectivity index is 1.81. The Hall–Kier alpha value is -2.34. The second-order valence-electron chi connectivity index (χ2n) is 4.80. The van der Waals surface area contributed by atoms with E-state index in [4.69, 9.17) is 0 Å². The second kappa shape index (κ2) is 7.61. The lowest BCUT2D eigenvalue weighted by Crippen LogP contribution is -2.42. The molecule has 0 fully saturated rings. The Morgan fingerprint density at radius 3 is 2.55 bits per heavy atom. The normalized spacial score (nSPS) is 10.1. The summed E-state index contributed by atoms with van der Waals surface area (Å²) in [5.74, 6) is -0.387. The van der Waals surface area contributed by atoms with Gasteiger partial charge >= 0.3 is 0 Å². The van der Waals surface area contributed by atoms with E-state index in [1.807, 2.05) is 32.0 Å². The molecule has 0 unspecified atom stereocenters. The maximum Gasteiger partial charge on any atom is 0.269 e. The number of hydrogen-bond donors (Lipinski definition) is 2. The van der Waals surface area contributed by atoms with Gasteiger partial charge in [0.15, 0.2) is 0 Å². The molecule has 6 heteroatoms. The highest BCUT2D eigenvalue weighted by molar-refractivity contribution is 8.00. The molecule has 0 aliphatic heterocycles. The van der Waals surface area contributed by atoms with Gasteiger partial charge in [0.05, 0.1) is 5.75 Å². The van der Waals surface area contributed by atoms with Gasteiger partial charge in [-0.1, -0.05) is 17.7 Å². The first-order valence-corrected chi connectivity index (χ1v) is 7.74. The van der Waals surface area contributed by atoms with Crippen LogP contribution in [0.3, 0.4) is 0 Å². The first kappa shape index (κ1) is 16.0. The lowest BCUT2D eigenvalue weighted by Gasteiger charge is -2.09. The third-order valence-electron chi connectivity index (χ3n) is 2.96. The average Bonchev–Trinajstić information content (AvgIpc) is 2.54. The SMILES string of the molecule is Cc1ccc(C)c(SCC(=O)NNC(=O)c2ccncc2)c1. The molecule has 2 N–H and O–H groups in total. The Morgan fingerprint density at radius 1 is 1.09 bits per heavy atom. The molecule has 1 aromatic heterocycles. The van der Waals surface area contributed by atoms with Crippen LogP contribution in [-0.4, -0.2) is 22.6 Å². The van der Waals surface area contributed by atoms with Crippen LogP contribution in [0.4, 0.5) is 0 Å². The van der Waals surface area contributed by atoms with Crippen molar-refractivity contribution >= 4 is 23.6 Å². The van der Waals surface area contributed by atoms with E-state index < -0.39 is 0 Å². The number of carbonyl (C=O) groups excluding carboxylic acids is 2.